The predicted molar refractivity (Wildman–Crippen MR) is 85.3 cm³/mol. The van der Waals surface area contributed by atoms with E-state index in [2.05, 4.69) is 26.2 Å². The maximum absolute atomic E-state index is 12.1. The normalized spacial score (nSPS) is 10.7. The molecule has 2 heterocycles. The van der Waals surface area contributed by atoms with Gasteiger partial charge < -0.3 is 14.9 Å². The highest BCUT2D eigenvalue weighted by atomic mass is 79.9. The number of nitrogens with zero attached hydrogens (tertiary/aromatic N) is 1. The lowest BCUT2D eigenvalue weighted by Gasteiger charge is -2.08. The Morgan fingerprint density at radius 3 is 2.86 bits per heavy atom. The van der Waals surface area contributed by atoms with Gasteiger partial charge in [-0.3, -0.25) is 9.59 Å². The van der Waals surface area contributed by atoms with Gasteiger partial charge in [-0.15, -0.1) is 0 Å². The van der Waals surface area contributed by atoms with E-state index >= 15 is 0 Å². The molecule has 2 aromatic heterocycles. The molecular weight excluding hydrogens is 334 g/mol. The second-order valence-electron chi connectivity index (χ2n) is 4.58. The zero-order valence-electron chi connectivity index (χ0n) is 11.0. The van der Waals surface area contributed by atoms with Gasteiger partial charge in [-0.2, -0.15) is 0 Å². The van der Waals surface area contributed by atoms with Crippen LogP contribution in [0.2, 0.25) is 0 Å². The predicted octanol–water partition coefficient (Wildman–Crippen LogP) is 2.73. The van der Waals surface area contributed by atoms with Crippen molar-refractivity contribution in [3.05, 3.63) is 63.6 Å². The summed E-state index contributed by atoms with van der Waals surface area (Å²) in [6.45, 7) is 0.147. The van der Waals surface area contributed by atoms with E-state index in [1.165, 1.54) is 0 Å². The fourth-order valence-corrected chi connectivity index (χ4v) is 2.57. The Morgan fingerprint density at radius 2 is 2.05 bits per heavy atom. The molecule has 0 unspecified atom stereocenters. The van der Waals surface area contributed by atoms with Crippen molar-refractivity contribution in [2.24, 2.45) is 0 Å². The fourth-order valence-electron chi connectivity index (χ4n) is 2.18. The summed E-state index contributed by atoms with van der Waals surface area (Å²) in [5.41, 5.74) is 1.30. The zero-order chi connectivity index (χ0) is 14.8. The first-order valence-corrected chi connectivity index (χ1v) is 7.15. The first kappa shape index (κ1) is 13.6. The Morgan fingerprint density at radius 1 is 1.24 bits per heavy atom. The number of H-pyrrole nitrogens is 1. The summed E-state index contributed by atoms with van der Waals surface area (Å²) in [5, 5.41) is 3.41. The van der Waals surface area contributed by atoms with E-state index in [-0.39, 0.29) is 18.0 Å². The van der Waals surface area contributed by atoms with Crippen LogP contribution in [0.4, 0.5) is 5.69 Å². The lowest BCUT2D eigenvalue weighted by molar-refractivity contribution is -0.116. The molecule has 0 saturated heterocycles. The summed E-state index contributed by atoms with van der Waals surface area (Å²) < 4.78 is 2.57. The number of hydrogen-bond acceptors (Lipinski definition) is 2. The first-order valence-electron chi connectivity index (χ1n) is 6.36. The summed E-state index contributed by atoms with van der Waals surface area (Å²) >= 11 is 3.39. The molecule has 5 nitrogen and oxygen atoms in total. The summed E-state index contributed by atoms with van der Waals surface area (Å²) in [7, 11) is 0. The number of anilines is 1. The van der Waals surface area contributed by atoms with Gasteiger partial charge in [0.2, 0.25) is 5.91 Å². The molecule has 0 aliphatic rings. The van der Waals surface area contributed by atoms with Crippen LogP contribution in [-0.4, -0.2) is 15.5 Å². The standard InChI is InChI=1S/C15H12BrN3O2/c16-11-3-1-2-4-12(11)18-14(20)9-19-8-6-10-13(19)5-7-17-15(10)21/h1-8H,9H2,(H,17,21)(H,18,20). The number of hydrogen-bond donors (Lipinski definition) is 2. The van der Waals surface area contributed by atoms with E-state index in [1.807, 2.05) is 24.3 Å². The van der Waals surface area contributed by atoms with E-state index < -0.39 is 0 Å². The largest absolute Gasteiger partial charge is 0.338 e. The quantitative estimate of drug-likeness (QED) is 0.766. The molecule has 3 aromatic rings. The Bertz CT molecular complexity index is 866. The van der Waals surface area contributed by atoms with Crippen molar-refractivity contribution in [2.45, 2.75) is 6.54 Å². The molecule has 106 valence electrons. The van der Waals surface area contributed by atoms with Crippen LogP contribution >= 0.6 is 15.9 Å². The van der Waals surface area contributed by atoms with Gasteiger partial charge in [0.1, 0.15) is 6.54 Å². The third-order valence-corrected chi connectivity index (χ3v) is 3.86. The number of carbonyl (C=O) groups excluding carboxylic acids is 1. The molecule has 0 aliphatic carbocycles. The third-order valence-electron chi connectivity index (χ3n) is 3.17. The smallest absolute Gasteiger partial charge is 0.257 e. The molecule has 1 amide bonds. The van der Waals surface area contributed by atoms with E-state index in [9.17, 15) is 9.59 Å². The number of carbonyl (C=O) groups is 1. The highest BCUT2D eigenvalue weighted by Gasteiger charge is 2.09. The molecule has 6 heteroatoms. The molecule has 0 saturated carbocycles. The molecule has 3 rings (SSSR count). The summed E-state index contributed by atoms with van der Waals surface area (Å²) in [4.78, 5) is 26.4. The summed E-state index contributed by atoms with van der Waals surface area (Å²) in [6, 6.07) is 10.9. The molecule has 0 spiro atoms. The number of rotatable bonds is 3. The average Bonchev–Trinajstić information content (AvgIpc) is 2.86. The van der Waals surface area contributed by atoms with Gasteiger partial charge in [0, 0.05) is 16.9 Å². The molecular formula is C15H12BrN3O2. The van der Waals surface area contributed by atoms with Crippen LogP contribution in [0.15, 0.2) is 58.1 Å². The zero-order valence-corrected chi connectivity index (χ0v) is 12.6. The number of aromatic nitrogens is 2. The maximum Gasteiger partial charge on any atom is 0.257 e. The first-order chi connectivity index (χ1) is 10.1. The minimum Gasteiger partial charge on any atom is -0.338 e. The number of pyridine rings is 1. The minimum absolute atomic E-state index is 0.147. The summed E-state index contributed by atoms with van der Waals surface area (Å²) in [5.74, 6) is -0.153. The second kappa shape index (κ2) is 5.57. The van der Waals surface area contributed by atoms with Gasteiger partial charge in [-0.25, -0.2) is 0 Å². The Kier molecular flexibility index (Phi) is 3.62. The second-order valence-corrected chi connectivity index (χ2v) is 5.43. The molecule has 0 fully saturated rings. The van der Waals surface area contributed by atoms with Crippen LogP contribution in [-0.2, 0) is 11.3 Å². The van der Waals surface area contributed by atoms with Gasteiger partial charge in [0.05, 0.1) is 16.6 Å². The fraction of sp³-hybridized carbons (Fsp3) is 0.0667. The molecule has 2 N–H and O–H groups in total. The molecule has 1 aromatic carbocycles. The Hall–Kier alpha value is -2.34. The van der Waals surface area contributed by atoms with Crippen LogP contribution in [0.3, 0.4) is 0 Å². The summed E-state index contributed by atoms with van der Waals surface area (Å²) in [6.07, 6.45) is 3.31. The number of fused-ring (bicyclic) bond motifs is 1. The SMILES string of the molecule is O=C(Cn1ccc2c(=O)[nH]ccc21)Nc1ccccc1Br. The third kappa shape index (κ3) is 2.75. The van der Waals surface area contributed by atoms with Gasteiger partial charge in [0.25, 0.3) is 5.56 Å². The van der Waals surface area contributed by atoms with Crippen LogP contribution < -0.4 is 10.9 Å². The Balaban J connectivity index is 1.83. The lowest BCUT2D eigenvalue weighted by atomic mass is 10.3. The minimum atomic E-state index is -0.155. The number of amides is 1. The van der Waals surface area contributed by atoms with Crippen molar-refractivity contribution in [1.82, 2.24) is 9.55 Å². The van der Waals surface area contributed by atoms with E-state index in [0.29, 0.717) is 5.39 Å². The van der Waals surface area contributed by atoms with E-state index in [1.54, 1.807) is 29.1 Å². The van der Waals surface area contributed by atoms with Crippen LogP contribution in [0.1, 0.15) is 0 Å². The molecule has 21 heavy (non-hydrogen) atoms. The van der Waals surface area contributed by atoms with Crippen molar-refractivity contribution >= 4 is 38.4 Å². The average molecular weight is 346 g/mol. The molecule has 0 aliphatic heterocycles. The highest BCUT2D eigenvalue weighted by Crippen LogP contribution is 2.21. The van der Waals surface area contributed by atoms with Gasteiger partial charge in [-0.05, 0) is 40.2 Å². The molecule has 0 atom stereocenters. The lowest BCUT2D eigenvalue weighted by Crippen LogP contribution is -2.18. The van der Waals surface area contributed by atoms with Crippen LogP contribution in [0.25, 0.3) is 10.9 Å². The van der Waals surface area contributed by atoms with E-state index in [0.717, 1.165) is 15.7 Å². The van der Waals surface area contributed by atoms with Crippen molar-refractivity contribution in [3.8, 4) is 0 Å². The highest BCUT2D eigenvalue weighted by molar-refractivity contribution is 9.10. The number of benzene rings is 1. The van der Waals surface area contributed by atoms with Crippen molar-refractivity contribution in [2.75, 3.05) is 5.32 Å². The van der Waals surface area contributed by atoms with Crippen molar-refractivity contribution < 1.29 is 4.79 Å². The van der Waals surface area contributed by atoms with Gasteiger partial charge in [0.15, 0.2) is 0 Å². The molecule has 0 bridgehead atoms. The number of para-hydroxylation sites is 1. The van der Waals surface area contributed by atoms with Crippen molar-refractivity contribution in [1.29, 1.82) is 0 Å². The Labute approximate surface area is 128 Å². The monoisotopic (exact) mass is 345 g/mol. The molecule has 0 radical (unpaired) electrons. The van der Waals surface area contributed by atoms with Crippen molar-refractivity contribution in [3.63, 3.8) is 0 Å². The van der Waals surface area contributed by atoms with Gasteiger partial charge in [-0.1, -0.05) is 12.1 Å². The number of nitrogens with one attached hydrogen (secondary N) is 2. The maximum atomic E-state index is 12.1. The number of halogens is 1. The number of aromatic amines is 1. The topological polar surface area (TPSA) is 66.9 Å². The van der Waals surface area contributed by atoms with Crippen LogP contribution in [0, 0.1) is 0 Å². The van der Waals surface area contributed by atoms with Gasteiger partial charge >= 0.3 is 0 Å². The van der Waals surface area contributed by atoms with Crippen LogP contribution in [0.5, 0.6) is 0 Å². The van der Waals surface area contributed by atoms with E-state index in [4.69, 9.17) is 0 Å².